The van der Waals surface area contributed by atoms with E-state index in [1.807, 2.05) is 0 Å². The molecule has 5 heteroatoms. The van der Waals surface area contributed by atoms with Crippen molar-refractivity contribution >= 4 is 5.91 Å². The molecule has 17 heavy (non-hydrogen) atoms. The van der Waals surface area contributed by atoms with Crippen molar-refractivity contribution in [3.8, 4) is 0 Å². The molecule has 0 aromatic heterocycles. The number of benzene rings is 1. The molecule has 0 radical (unpaired) electrons. The quantitative estimate of drug-likeness (QED) is 0.838. The predicted molar refractivity (Wildman–Crippen MR) is 61.8 cm³/mol. The van der Waals surface area contributed by atoms with E-state index < -0.39 is 12.0 Å². The van der Waals surface area contributed by atoms with Crippen LogP contribution in [0.15, 0.2) is 24.3 Å². The third-order valence-corrected chi connectivity index (χ3v) is 2.50. The highest BCUT2D eigenvalue weighted by Crippen LogP contribution is 2.26. The first-order valence-electron chi connectivity index (χ1n) is 5.29. The van der Waals surface area contributed by atoms with Crippen LogP contribution in [-0.2, 0) is 17.1 Å². The first kappa shape index (κ1) is 13.6. The van der Waals surface area contributed by atoms with Gasteiger partial charge in [-0.05, 0) is 12.0 Å². The van der Waals surface area contributed by atoms with Gasteiger partial charge in [0, 0.05) is 19.5 Å². The van der Waals surface area contributed by atoms with Crippen molar-refractivity contribution in [3.05, 3.63) is 35.4 Å². The molecule has 0 aliphatic carbocycles. The fourth-order valence-electron chi connectivity index (χ4n) is 1.47. The van der Waals surface area contributed by atoms with E-state index >= 15 is 0 Å². The van der Waals surface area contributed by atoms with Gasteiger partial charge >= 0.3 is 0 Å². The second-order valence-electron chi connectivity index (χ2n) is 4.01. The zero-order valence-electron chi connectivity index (χ0n) is 9.84. The molecule has 1 rings (SSSR count). The summed E-state index contributed by atoms with van der Waals surface area (Å²) in [5.74, 6) is -3.11. The van der Waals surface area contributed by atoms with Crippen molar-refractivity contribution in [1.82, 2.24) is 5.32 Å². The number of nitrogens with two attached hydrogens (primary N) is 1. The molecule has 1 atom stereocenters. The summed E-state index contributed by atoms with van der Waals surface area (Å²) in [6.07, 6.45) is 0.329. The van der Waals surface area contributed by atoms with Gasteiger partial charge < -0.3 is 11.1 Å². The molecule has 0 aliphatic rings. The van der Waals surface area contributed by atoms with Crippen molar-refractivity contribution in [3.63, 3.8) is 0 Å². The number of carbonyl (C=O) groups is 1. The molecule has 0 unspecified atom stereocenters. The van der Waals surface area contributed by atoms with E-state index in [9.17, 15) is 13.6 Å². The minimum absolute atomic E-state index is 0.0465. The summed E-state index contributed by atoms with van der Waals surface area (Å²) in [6.45, 7) is 0.846. The highest BCUT2D eigenvalue weighted by atomic mass is 19.3. The van der Waals surface area contributed by atoms with E-state index in [2.05, 4.69) is 5.32 Å². The lowest BCUT2D eigenvalue weighted by Gasteiger charge is -2.13. The minimum atomic E-state index is -2.85. The number of halogens is 2. The van der Waals surface area contributed by atoms with Crippen LogP contribution in [0, 0.1) is 0 Å². The van der Waals surface area contributed by atoms with Crippen molar-refractivity contribution in [2.75, 3.05) is 7.05 Å². The van der Waals surface area contributed by atoms with Crippen LogP contribution in [0.1, 0.15) is 18.1 Å². The molecule has 0 saturated heterocycles. The van der Waals surface area contributed by atoms with Crippen molar-refractivity contribution in [1.29, 1.82) is 0 Å². The van der Waals surface area contributed by atoms with Gasteiger partial charge in [0.1, 0.15) is 0 Å². The van der Waals surface area contributed by atoms with Gasteiger partial charge in [0.25, 0.3) is 5.92 Å². The Kier molecular flexibility index (Phi) is 4.17. The number of hydrogen-bond donors (Lipinski definition) is 2. The Bertz CT molecular complexity index is 384. The average molecular weight is 242 g/mol. The zero-order chi connectivity index (χ0) is 13.1. The smallest absolute Gasteiger partial charge is 0.270 e. The maximum atomic E-state index is 12.9. The monoisotopic (exact) mass is 242 g/mol. The van der Waals surface area contributed by atoms with Gasteiger partial charge in [0.15, 0.2) is 0 Å². The SMILES string of the molecule is CNC(=O)[C@@H](N)Cc1ccc(C(C)(F)F)cc1. The van der Waals surface area contributed by atoms with Gasteiger partial charge in [-0.25, -0.2) is 8.78 Å². The highest BCUT2D eigenvalue weighted by molar-refractivity contribution is 5.81. The number of amides is 1. The molecule has 94 valence electrons. The largest absolute Gasteiger partial charge is 0.358 e. The molecule has 0 spiro atoms. The summed E-state index contributed by atoms with van der Waals surface area (Å²) in [5.41, 5.74) is 6.34. The zero-order valence-corrected chi connectivity index (χ0v) is 9.84. The van der Waals surface area contributed by atoms with Crippen molar-refractivity contribution in [2.24, 2.45) is 5.73 Å². The van der Waals surface area contributed by atoms with Crippen LogP contribution in [0.4, 0.5) is 8.78 Å². The Hall–Kier alpha value is -1.49. The van der Waals surface area contributed by atoms with Crippen LogP contribution in [0.25, 0.3) is 0 Å². The summed E-state index contributed by atoms with van der Waals surface area (Å²) >= 11 is 0. The van der Waals surface area contributed by atoms with Gasteiger partial charge in [0.05, 0.1) is 6.04 Å². The Morgan fingerprint density at radius 3 is 2.35 bits per heavy atom. The summed E-state index contributed by atoms with van der Waals surface area (Å²) in [6, 6.07) is 5.18. The van der Waals surface area contributed by atoms with E-state index in [0.29, 0.717) is 6.42 Å². The topological polar surface area (TPSA) is 55.1 Å². The summed E-state index contributed by atoms with van der Waals surface area (Å²) in [5, 5.41) is 2.44. The highest BCUT2D eigenvalue weighted by Gasteiger charge is 2.23. The summed E-state index contributed by atoms with van der Waals surface area (Å²) < 4.78 is 25.9. The lowest BCUT2D eigenvalue weighted by Crippen LogP contribution is -2.40. The molecule has 1 aromatic carbocycles. The van der Waals surface area contributed by atoms with Crippen LogP contribution in [0.2, 0.25) is 0 Å². The van der Waals surface area contributed by atoms with Crippen LogP contribution >= 0.6 is 0 Å². The fraction of sp³-hybridized carbons (Fsp3) is 0.417. The Morgan fingerprint density at radius 2 is 1.94 bits per heavy atom. The molecular formula is C12H16F2N2O. The van der Waals surface area contributed by atoms with Gasteiger partial charge in [-0.15, -0.1) is 0 Å². The van der Waals surface area contributed by atoms with Crippen LogP contribution in [0.3, 0.4) is 0 Å². The van der Waals surface area contributed by atoms with E-state index in [1.54, 1.807) is 12.1 Å². The Balaban J connectivity index is 2.72. The first-order chi connectivity index (χ1) is 7.84. The van der Waals surface area contributed by atoms with Crippen LogP contribution in [0.5, 0.6) is 0 Å². The van der Waals surface area contributed by atoms with Crippen LogP contribution < -0.4 is 11.1 Å². The second kappa shape index (κ2) is 5.23. The molecule has 0 fully saturated rings. The van der Waals surface area contributed by atoms with E-state index in [4.69, 9.17) is 5.73 Å². The number of carbonyl (C=O) groups excluding carboxylic acids is 1. The Labute approximate surface area is 99.0 Å². The lowest BCUT2D eigenvalue weighted by molar-refractivity contribution is -0.121. The average Bonchev–Trinajstić information content (AvgIpc) is 2.27. The third-order valence-electron chi connectivity index (χ3n) is 2.50. The number of hydrogen-bond acceptors (Lipinski definition) is 2. The molecule has 0 aliphatic heterocycles. The Morgan fingerprint density at radius 1 is 1.41 bits per heavy atom. The van der Waals surface area contributed by atoms with Gasteiger partial charge in [0.2, 0.25) is 5.91 Å². The third kappa shape index (κ3) is 3.78. The lowest BCUT2D eigenvalue weighted by atomic mass is 10.0. The van der Waals surface area contributed by atoms with E-state index in [-0.39, 0.29) is 11.5 Å². The standard InChI is InChI=1S/C12H16F2N2O/c1-12(13,14)9-5-3-8(4-6-9)7-10(15)11(17)16-2/h3-6,10H,7,15H2,1-2H3,(H,16,17)/t10-/m0/s1. The number of rotatable bonds is 4. The molecule has 1 amide bonds. The van der Waals surface area contributed by atoms with Crippen molar-refractivity contribution in [2.45, 2.75) is 25.3 Å². The maximum Gasteiger partial charge on any atom is 0.270 e. The number of alkyl halides is 2. The predicted octanol–water partition coefficient (Wildman–Crippen LogP) is 1.41. The van der Waals surface area contributed by atoms with Gasteiger partial charge in [-0.3, -0.25) is 4.79 Å². The minimum Gasteiger partial charge on any atom is -0.358 e. The second-order valence-corrected chi connectivity index (χ2v) is 4.01. The summed E-state index contributed by atoms with van der Waals surface area (Å²) in [4.78, 5) is 11.2. The fourth-order valence-corrected chi connectivity index (χ4v) is 1.47. The number of likely N-dealkylation sites (N-methyl/N-ethyl adjacent to an activating group) is 1. The van der Waals surface area contributed by atoms with Crippen molar-refractivity contribution < 1.29 is 13.6 Å². The van der Waals surface area contributed by atoms with E-state index in [1.165, 1.54) is 19.2 Å². The molecule has 0 heterocycles. The summed E-state index contributed by atoms with van der Waals surface area (Å²) in [7, 11) is 1.50. The normalized spacial score (nSPS) is 13.2. The molecular weight excluding hydrogens is 226 g/mol. The van der Waals surface area contributed by atoms with E-state index in [0.717, 1.165) is 12.5 Å². The van der Waals surface area contributed by atoms with Gasteiger partial charge in [-0.1, -0.05) is 24.3 Å². The molecule has 0 saturated carbocycles. The molecule has 3 N–H and O–H groups in total. The maximum absolute atomic E-state index is 12.9. The first-order valence-corrected chi connectivity index (χ1v) is 5.29. The molecule has 3 nitrogen and oxygen atoms in total. The molecule has 0 bridgehead atoms. The van der Waals surface area contributed by atoms with Crippen LogP contribution in [-0.4, -0.2) is 19.0 Å². The van der Waals surface area contributed by atoms with Gasteiger partial charge in [-0.2, -0.15) is 0 Å². The number of nitrogens with one attached hydrogen (secondary N) is 1. The molecule has 1 aromatic rings.